The molecule has 0 aliphatic carbocycles. The predicted octanol–water partition coefficient (Wildman–Crippen LogP) is -0.329. The van der Waals surface area contributed by atoms with Crippen molar-refractivity contribution in [2.24, 2.45) is 0 Å². The fourth-order valence-corrected chi connectivity index (χ4v) is 1.70. The van der Waals surface area contributed by atoms with Gasteiger partial charge in [0.25, 0.3) is 0 Å². The number of aliphatic hydroxyl groups is 1. The van der Waals surface area contributed by atoms with Crippen molar-refractivity contribution in [3.8, 4) is 0 Å². The lowest BCUT2D eigenvalue weighted by Crippen LogP contribution is -2.58. The Morgan fingerprint density at radius 1 is 1.50 bits per heavy atom. The number of aliphatic hydroxyl groups excluding tert-OH is 1. The molecule has 0 radical (unpaired) electrons. The molecule has 1 saturated heterocycles. The maximum Gasteiger partial charge on any atom is 0.362 e. The number of carboxylic acid groups (broad SMARTS) is 1. The van der Waals surface area contributed by atoms with Gasteiger partial charge in [-0.25, -0.2) is 4.79 Å². The molecule has 1 aliphatic rings. The van der Waals surface area contributed by atoms with Gasteiger partial charge in [0.2, 0.25) is 0 Å². The van der Waals surface area contributed by atoms with Crippen LogP contribution in [-0.2, 0) is 4.79 Å². The SMILES string of the molecule is C[N+]1(C)CCC(O)CC1C(=O)O. The number of piperidine rings is 1. The minimum atomic E-state index is -0.807. The van der Waals surface area contributed by atoms with Gasteiger partial charge in [-0.2, -0.15) is 0 Å². The van der Waals surface area contributed by atoms with E-state index in [1.165, 1.54) is 0 Å². The molecule has 1 aliphatic heterocycles. The summed E-state index contributed by atoms with van der Waals surface area (Å²) in [6, 6.07) is -0.450. The van der Waals surface area contributed by atoms with E-state index >= 15 is 0 Å². The maximum atomic E-state index is 10.8. The lowest BCUT2D eigenvalue weighted by atomic mass is 9.98. The minimum Gasteiger partial charge on any atom is -0.477 e. The van der Waals surface area contributed by atoms with E-state index in [4.69, 9.17) is 5.11 Å². The highest BCUT2D eigenvalue weighted by atomic mass is 16.4. The lowest BCUT2D eigenvalue weighted by Gasteiger charge is -2.40. The number of carboxylic acids is 1. The van der Waals surface area contributed by atoms with E-state index in [-0.39, 0.29) is 0 Å². The molecule has 1 rings (SSSR count). The largest absolute Gasteiger partial charge is 0.477 e. The molecule has 2 N–H and O–H groups in total. The van der Waals surface area contributed by atoms with Crippen molar-refractivity contribution in [2.75, 3.05) is 20.6 Å². The van der Waals surface area contributed by atoms with Gasteiger partial charge in [0.05, 0.1) is 26.7 Å². The highest BCUT2D eigenvalue weighted by Crippen LogP contribution is 2.21. The van der Waals surface area contributed by atoms with Gasteiger partial charge in [0.1, 0.15) is 0 Å². The number of rotatable bonds is 1. The van der Waals surface area contributed by atoms with Crippen LogP contribution in [0.25, 0.3) is 0 Å². The van der Waals surface area contributed by atoms with E-state index in [9.17, 15) is 9.90 Å². The summed E-state index contributed by atoms with van der Waals surface area (Å²) in [7, 11) is 3.79. The molecular formula is C8H16NO3+. The quantitative estimate of drug-likeness (QED) is 0.535. The Balaban J connectivity index is 2.72. The first-order valence-corrected chi connectivity index (χ1v) is 4.17. The van der Waals surface area contributed by atoms with Crippen molar-refractivity contribution in [3.05, 3.63) is 0 Å². The first-order valence-electron chi connectivity index (χ1n) is 4.17. The molecule has 4 nitrogen and oxygen atoms in total. The molecule has 0 aromatic rings. The number of nitrogens with zero attached hydrogens (tertiary/aromatic N) is 1. The molecule has 70 valence electrons. The van der Waals surface area contributed by atoms with E-state index in [1.54, 1.807) is 0 Å². The topological polar surface area (TPSA) is 57.5 Å². The van der Waals surface area contributed by atoms with Crippen molar-refractivity contribution >= 4 is 5.97 Å². The molecule has 0 bridgehead atoms. The molecule has 2 atom stereocenters. The number of quaternary nitrogens is 1. The Labute approximate surface area is 72.0 Å². The number of hydrogen-bond acceptors (Lipinski definition) is 2. The Bertz CT molecular complexity index is 191. The van der Waals surface area contributed by atoms with Crippen molar-refractivity contribution < 1.29 is 19.5 Å². The number of aliphatic carboxylic acids is 1. The smallest absolute Gasteiger partial charge is 0.362 e. The molecule has 0 saturated carbocycles. The molecule has 0 amide bonds. The third-order valence-corrected chi connectivity index (χ3v) is 2.66. The summed E-state index contributed by atoms with van der Waals surface area (Å²) >= 11 is 0. The zero-order valence-electron chi connectivity index (χ0n) is 7.53. The van der Waals surface area contributed by atoms with Crippen molar-refractivity contribution in [2.45, 2.75) is 25.0 Å². The molecule has 0 spiro atoms. The standard InChI is InChI=1S/C8H15NO3/c1-9(2)4-3-6(10)5-7(9)8(11)12/h6-7,10H,3-5H2,1-2H3/p+1. The van der Waals surface area contributed by atoms with Crippen LogP contribution in [0.15, 0.2) is 0 Å². The van der Waals surface area contributed by atoms with E-state index in [0.717, 1.165) is 6.54 Å². The predicted molar refractivity (Wildman–Crippen MR) is 43.6 cm³/mol. The number of likely N-dealkylation sites (tertiary alicyclic amines) is 1. The van der Waals surface area contributed by atoms with Crippen LogP contribution in [0.4, 0.5) is 0 Å². The summed E-state index contributed by atoms with van der Waals surface area (Å²) in [5.74, 6) is -0.807. The van der Waals surface area contributed by atoms with Gasteiger partial charge in [-0.15, -0.1) is 0 Å². The maximum absolute atomic E-state index is 10.8. The van der Waals surface area contributed by atoms with Gasteiger partial charge in [-0.1, -0.05) is 0 Å². The van der Waals surface area contributed by atoms with E-state index in [1.807, 2.05) is 14.1 Å². The average molecular weight is 174 g/mol. The monoisotopic (exact) mass is 174 g/mol. The molecule has 12 heavy (non-hydrogen) atoms. The fourth-order valence-electron chi connectivity index (χ4n) is 1.70. The van der Waals surface area contributed by atoms with Gasteiger partial charge in [-0.3, -0.25) is 0 Å². The van der Waals surface area contributed by atoms with Crippen molar-refractivity contribution in [1.29, 1.82) is 0 Å². The Morgan fingerprint density at radius 2 is 2.08 bits per heavy atom. The Morgan fingerprint density at radius 3 is 2.50 bits per heavy atom. The van der Waals surface area contributed by atoms with Crippen LogP contribution in [0.1, 0.15) is 12.8 Å². The Kier molecular flexibility index (Phi) is 2.39. The van der Waals surface area contributed by atoms with Crippen molar-refractivity contribution in [3.63, 3.8) is 0 Å². The first-order chi connectivity index (χ1) is 5.43. The van der Waals surface area contributed by atoms with Crippen LogP contribution in [0.2, 0.25) is 0 Å². The van der Waals surface area contributed by atoms with Crippen LogP contribution in [0.3, 0.4) is 0 Å². The molecule has 4 heteroatoms. The molecule has 2 unspecified atom stereocenters. The second-order valence-electron chi connectivity index (χ2n) is 4.03. The second-order valence-corrected chi connectivity index (χ2v) is 4.03. The molecule has 0 aromatic heterocycles. The van der Waals surface area contributed by atoms with Gasteiger partial charge in [0.15, 0.2) is 6.04 Å². The average Bonchev–Trinajstić information content (AvgIpc) is 1.94. The normalized spacial score (nSPS) is 34.6. The molecular weight excluding hydrogens is 158 g/mol. The third-order valence-electron chi connectivity index (χ3n) is 2.66. The number of hydrogen-bond donors (Lipinski definition) is 2. The summed E-state index contributed by atoms with van der Waals surface area (Å²) < 4.78 is 0.479. The summed E-state index contributed by atoms with van der Waals surface area (Å²) in [4.78, 5) is 10.8. The zero-order chi connectivity index (χ0) is 9.35. The van der Waals surface area contributed by atoms with Crippen LogP contribution < -0.4 is 0 Å². The molecule has 1 fully saturated rings. The number of carbonyl (C=O) groups is 1. The summed E-state index contributed by atoms with van der Waals surface area (Å²) in [6.45, 7) is 0.734. The van der Waals surface area contributed by atoms with Gasteiger partial charge in [0, 0.05) is 12.8 Å². The van der Waals surface area contributed by atoms with Crippen LogP contribution in [-0.4, -0.2) is 53.5 Å². The summed E-state index contributed by atoms with van der Waals surface area (Å²) in [6.07, 6.45) is 0.649. The first kappa shape index (κ1) is 9.48. The summed E-state index contributed by atoms with van der Waals surface area (Å²) in [5, 5.41) is 18.2. The highest BCUT2D eigenvalue weighted by molar-refractivity contribution is 5.72. The minimum absolute atomic E-state index is 0.377. The molecule has 0 aromatic carbocycles. The lowest BCUT2D eigenvalue weighted by molar-refractivity contribution is -0.912. The van der Waals surface area contributed by atoms with Gasteiger partial charge < -0.3 is 14.7 Å². The molecule has 1 heterocycles. The van der Waals surface area contributed by atoms with Crippen LogP contribution in [0, 0.1) is 0 Å². The second kappa shape index (κ2) is 3.03. The van der Waals surface area contributed by atoms with Crippen LogP contribution in [0.5, 0.6) is 0 Å². The van der Waals surface area contributed by atoms with E-state index < -0.39 is 18.1 Å². The summed E-state index contributed by atoms with van der Waals surface area (Å²) in [5.41, 5.74) is 0. The van der Waals surface area contributed by atoms with E-state index in [0.29, 0.717) is 17.3 Å². The number of likely N-dealkylation sites (N-methyl/N-ethyl adjacent to an activating group) is 1. The van der Waals surface area contributed by atoms with Crippen LogP contribution >= 0.6 is 0 Å². The van der Waals surface area contributed by atoms with Gasteiger partial charge >= 0.3 is 5.97 Å². The fraction of sp³-hybridized carbons (Fsp3) is 0.875. The third kappa shape index (κ3) is 1.76. The van der Waals surface area contributed by atoms with E-state index in [2.05, 4.69) is 0 Å². The zero-order valence-corrected chi connectivity index (χ0v) is 7.53. The van der Waals surface area contributed by atoms with Gasteiger partial charge in [-0.05, 0) is 0 Å². The highest BCUT2D eigenvalue weighted by Gasteiger charge is 2.40. The van der Waals surface area contributed by atoms with Crippen molar-refractivity contribution in [1.82, 2.24) is 0 Å². The Hall–Kier alpha value is -0.610.